The summed E-state index contributed by atoms with van der Waals surface area (Å²) in [6, 6.07) is 9.73. The largest absolute Gasteiger partial charge is 0.416 e. The van der Waals surface area contributed by atoms with Crippen LogP contribution in [0.1, 0.15) is 41.1 Å². The minimum Gasteiger partial charge on any atom is -0.416 e. The van der Waals surface area contributed by atoms with Gasteiger partial charge in [-0.2, -0.15) is 0 Å². The maximum Gasteiger partial charge on any atom is 0.277 e. The monoisotopic (exact) mass is 389 g/mol. The van der Waals surface area contributed by atoms with Gasteiger partial charge >= 0.3 is 0 Å². The Kier molecular flexibility index (Phi) is 5.03. The van der Waals surface area contributed by atoms with E-state index in [4.69, 9.17) is 4.42 Å². The Bertz CT molecular complexity index is 876. The zero-order chi connectivity index (χ0) is 17.9. The number of aromatic nitrogens is 2. The Balaban J connectivity index is 1.41. The molecule has 2 heterocycles. The number of thiophene rings is 1. The molecule has 5 nitrogen and oxygen atoms in total. The first-order valence-corrected chi connectivity index (χ1v) is 10.1. The zero-order valence-corrected chi connectivity index (χ0v) is 15.4. The first kappa shape index (κ1) is 17.2. The standard InChI is InChI=1S/C18H16FN3O2S2/c19-13-7-5-11(6-8-13)16(14-2-1-9-25-14)20-15(23)10-26-18-22-21-17(24-18)12-3-4-12/h1-2,5-9,12,16H,3-4,10H2,(H,20,23)/t16-/m0/s1. The second kappa shape index (κ2) is 7.59. The van der Waals surface area contributed by atoms with Crippen LogP contribution in [0.3, 0.4) is 0 Å². The van der Waals surface area contributed by atoms with E-state index in [0.29, 0.717) is 17.0 Å². The van der Waals surface area contributed by atoms with Crippen molar-refractivity contribution in [2.75, 3.05) is 5.75 Å². The Morgan fingerprint density at radius 1 is 1.31 bits per heavy atom. The van der Waals surface area contributed by atoms with E-state index >= 15 is 0 Å². The third-order valence-electron chi connectivity index (χ3n) is 4.01. The van der Waals surface area contributed by atoms with Crippen LogP contribution in [0.15, 0.2) is 51.4 Å². The van der Waals surface area contributed by atoms with Crippen molar-refractivity contribution in [3.8, 4) is 0 Å². The quantitative estimate of drug-likeness (QED) is 0.615. The van der Waals surface area contributed by atoms with Crippen molar-refractivity contribution >= 4 is 29.0 Å². The van der Waals surface area contributed by atoms with Crippen molar-refractivity contribution < 1.29 is 13.6 Å². The number of rotatable bonds is 7. The van der Waals surface area contributed by atoms with Gasteiger partial charge < -0.3 is 9.73 Å². The van der Waals surface area contributed by atoms with Crippen LogP contribution >= 0.6 is 23.1 Å². The average Bonchev–Trinajstić information content (AvgIpc) is 3.16. The lowest BCUT2D eigenvalue weighted by Crippen LogP contribution is -2.30. The summed E-state index contributed by atoms with van der Waals surface area (Å²) in [5, 5.41) is 13.4. The molecule has 1 aromatic carbocycles. The van der Waals surface area contributed by atoms with Crippen LogP contribution in [0.4, 0.5) is 4.39 Å². The van der Waals surface area contributed by atoms with E-state index < -0.39 is 0 Å². The molecule has 3 aromatic rings. The fourth-order valence-corrected chi connectivity index (χ4v) is 3.92. The highest BCUT2D eigenvalue weighted by atomic mass is 32.2. The van der Waals surface area contributed by atoms with Crippen molar-refractivity contribution in [1.82, 2.24) is 15.5 Å². The van der Waals surface area contributed by atoms with Gasteiger partial charge in [0, 0.05) is 10.8 Å². The van der Waals surface area contributed by atoms with E-state index in [2.05, 4.69) is 15.5 Å². The first-order chi connectivity index (χ1) is 12.7. The van der Waals surface area contributed by atoms with Crippen LogP contribution in [-0.2, 0) is 4.79 Å². The minimum atomic E-state index is -0.312. The van der Waals surface area contributed by atoms with Crippen LogP contribution < -0.4 is 5.32 Å². The van der Waals surface area contributed by atoms with E-state index in [1.165, 1.54) is 23.9 Å². The number of nitrogens with one attached hydrogen (secondary N) is 1. The summed E-state index contributed by atoms with van der Waals surface area (Å²) in [6.45, 7) is 0. The van der Waals surface area contributed by atoms with Gasteiger partial charge in [0.15, 0.2) is 0 Å². The molecular weight excluding hydrogens is 373 g/mol. The van der Waals surface area contributed by atoms with Crippen molar-refractivity contribution in [3.63, 3.8) is 0 Å². The molecule has 26 heavy (non-hydrogen) atoms. The molecule has 1 aliphatic carbocycles. The molecule has 0 radical (unpaired) electrons. The zero-order valence-electron chi connectivity index (χ0n) is 13.7. The molecule has 4 rings (SSSR count). The number of carbonyl (C=O) groups is 1. The molecule has 1 amide bonds. The normalized spacial score (nSPS) is 15.0. The van der Waals surface area contributed by atoms with Gasteiger partial charge in [0.05, 0.1) is 11.8 Å². The molecule has 0 unspecified atom stereocenters. The molecule has 1 fully saturated rings. The third kappa shape index (κ3) is 4.13. The second-order valence-electron chi connectivity index (χ2n) is 6.04. The maximum atomic E-state index is 13.2. The molecule has 0 saturated heterocycles. The minimum absolute atomic E-state index is 0.149. The number of halogens is 1. The highest BCUT2D eigenvalue weighted by molar-refractivity contribution is 7.99. The summed E-state index contributed by atoms with van der Waals surface area (Å²) < 4.78 is 18.8. The number of thioether (sulfide) groups is 1. The topological polar surface area (TPSA) is 68.0 Å². The van der Waals surface area contributed by atoms with E-state index in [0.717, 1.165) is 23.3 Å². The van der Waals surface area contributed by atoms with Crippen molar-refractivity contribution in [2.24, 2.45) is 0 Å². The average molecular weight is 389 g/mol. The van der Waals surface area contributed by atoms with Crippen LogP contribution in [-0.4, -0.2) is 21.9 Å². The number of nitrogens with zero attached hydrogens (tertiary/aromatic N) is 2. The first-order valence-electron chi connectivity index (χ1n) is 8.23. The van der Waals surface area contributed by atoms with Gasteiger partial charge in [-0.05, 0) is 42.0 Å². The molecule has 0 spiro atoms. The van der Waals surface area contributed by atoms with Crippen LogP contribution in [0, 0.1) is 5.82 Å². The molecule has 1 saturated carbocycles. The van der Waals surface area contributed by atoms with Gasteiger partial charge in [-0.1, -0.05) is 30.0 Å². The molecule has 1 N–H and O–H groups in total. The molecule has 1 aliphatic rings. The predicted octanol–water partition coefficient (Wildman–Crippen LogP) is 4.15. The highest BCUT2D eigenvalue weighted by Crippen LogP contribution is 2.39. The lowest BCUT2D eigenvalue weighted by molar-refractivity contribution is -0.119. The number of hydrogen-bond donors (Lipinski definition) is 1. The van der Waals surface area contributed by atoms with Crippen molar-refractivity contribution in [1.29, 1.82) is 0 Å². The molecule has 2 aromatic heterocycles. The molecular formula is C18H16FN3O2S2. The van der Waals surface area contributed by atoms with Gasteiger partial charge in [0.2, 0.25) is 11.8 Å². The molecule has 8 heteroatoms. The van der Waals surface area contributed by atoms with Gasteiger partial charge in [0.1, 0.15) is 5.82 Å². The lowest BCUT2D eigenvalue weighted by Gasteiger charge is -2.18. The van der Waals surface area contributed by atoms with E-state index in [-0.39, 0.29) is 23.5 Å². The fourth-order valence-electron chi connectivity index (χ4n) is 2.53. The Morgan fingerprint density at radius 3 is 2.81 bits per heavy atom. The van der Waals surface area contributed by atoms with Gasteiger partial charge in [0.25, 0.3) is 5.22 Å². The van der Waals surface area contributed by atoms with E-state index in [1.807, 2.05) is 17.5 Å². The van der Waals surface area contributed by atoms with Gasteiger partial charge in [-0.3, -0.25) is 4.79 Å². The third-order valence-corrected chi connectivity index (χ3v) is 5.77. The predicted molar refractivity (Wildman–Crippen MR) is 97.7 cm³/mol. The van der Waals surface area contributed by atoms with Crippen LogP contribution in [0.25, 0.3) is 0 Å². The van der Waals surface area contributed by atoms with E-state index in [1.54, 1.807) is 23.5 Å². The maximum absolute atomic E-state index is 13.2. The van der Waals surface area contributed by atoms with Gasteiger partial charge in [-0.25, -0.2) is 4.39 Å². The van der Waals surface area contributed by atoms with Crippen LogP contribution in [0.5, 0.6) is 0 Å². The van der Waals surface area contributed by atoms with Crippen molar-refractivity contribution in [3.05, 3.63) is 63.9 Å². The Labute approximate surface area is 158 Å². The summed E-state index contributed by atoms with van der Waals surface area (Å²) in [5.41, 5.74) is 0.834. The SMILES string of the molecule is O=C(CSc1nnc(C2CC2)o1)N[C@@H](c1ccc(F)cc1)c1cccs1. The number of carbonyl (C=O) groups excluding carboxylic acids is 1. The number of hydrogen-bond acceptors (Lipinski definition) is 6. The smallest absolute Gasteiger partial charge is 0.277 e. The summed E-state index contributed by atoms with van der Waals surface area (Å²) in [6.07, 6.45) is 2.18. The van der Waals surface area contributed by atoms with E-state index in [9.17, 15) is 9.18 Å². The molecule has 134 valence electrons. The molecule has 0 bridgehead atoms. The number of benzene rings is 1. The summed E-state index contributed by atoms with van der Waals surface area (Å²) in [5.74, 6) is 0.783. The summed E-state index contributed by atoms with van der Waals surface area (Å²) >= 11 is 2.77. The summed E-state index contributed by atoms with van der Waals surface area (Å²) in [7, 11) is 0. The summed E-state index contributed by atoms with van der Waals surface area (Å²) in [4.78, 5) is 13.4. The molecule has 1 atom stereocenters. The fraction of sp³-hybridized carbons (Fsp3) is 0.278. The Hall–Kier alpha value is -2.19. The van der Waals surface area contributed by atoms with Crippen LogP contribution in [0.2, 0.25) is 0 Å². The second-order valence-corrected chi connectivity index (χ2v) is 7.94. The lowest BCUT2D eigenvalue weighted by atomic mass is 10.1. The highest BCUT2D eigenvalue weighted by Gasteiger charge is 2.29. The van der Waals surface area contributed by atoms with Gasteiger partial charge in [-0.15, -0.1) is 21.5 Å². The Morgan fingerprint density at radius 2 is 2.12 bits per heavy atom. The number of amides is 1. The molecule has 0 aliphatic heterocycles. The van der Waals surface area contributed by atoms with Crippen molar-refractivity contribution in [2.45, 2.75) is 30.0 Å².